The topological polar surface area (TPSA) is 66.6 Å². The molecule has 4 nitrogen and oxygen atoms in total. The molecule has 17 heavy (non-hydrogen) atoms. The highest BCUT2D eigenvalue weighted by atomic mass is 16.4. The number of aryl methyl sites for hydroxylation is 1. The van der Waals surface area contributed by atoms with Crippen LogP contribution in [-0.2, 0) is 4.79 Å². The Balaban J connectivity index is 2.96. The summed E-state index contributed by atoms with van der Waals surface area (Å²) in [6.45, 7) is 2.01. The molecule has 1 aromatic rings. The molecule has 2 unspecified atom stereocenters. The van der Waals surface area contributed by atoms with Crippen molar-refractivity contribution in [1.29, 1.82) is 0 Å². The Bertz CT molecular complexity index is 391. The fourth-order valence-corrected chi connectivity index (χ4v) is 2.10. The van der Waals surface area contributed by atoms with E-state index < -0.39 is 12.0 Å². The van der Waals surface area contributed by atoms with Gasteiger partial charge in [-0.1, -0.05) is 29.8 Å². The van der Waals surface area contributed by atoms with Gasteiger partial charge in [0.25, 0.3) is 0 Å². The molecular formula is C13H20N2O2. The number of carbonyl (C=O) groups is 1. The van der Waals surface area contributed by atoms with Crippen molar-refractivity contribution in [2.24, 2.45) is 5.73 Å². The minimum Gasteiger partial charge on any atom is -0.481 e. The number of carboxylic acids is 1. The van der Waals surface area contributed by atoms with Gasteiger partial charge in [-0.2, -0.15) is 0 Å². The first kappa shape index (κ1) is 13.7. The molecule has 0 aliphatic carbocycles. The van der Waals surface area contributed by atoms with E-state index in [0.29, 0.717) is 0 Å². The number of carboxylic acid groups (broad SMARTS) is 1. The highest BCUT2D eigenvalue weighted by Crippen LogP contribution is 2.23. The van der Waals surface area contributed by atoms with Crippen LogP contribution in [0.2, 0.25) is 0 Å². The van der Waals surface area contributed by atoms with E-state index in [0.717, 1.165) is 11.1 Å². The number of nitrogens with zero attached hydrogens (tertiary/aromatic N) is 1. The molecule has 94 valence electrons. The van der Waals surface area contributed by atoms with Crippen LogP contribution in [0, 0.1) is 6.92 Å². The maximum atomic E-state index is 10.7. The smallest absolute Gasteiger partial charge is 0.304 e. The predicted molar refractivity (Wildman–Crippen MR) is 67.8 cm³/mol. The normalized spacial score (nSPS) is 14.6. The van der Waals surface area contributed by atoms with E-state index in [9.17, 15) is 4.79 Å². The Morgan fingerprint density at radius 2 is 2.12 bits per heavy atom. The summed E-state index contributed by atoms with van der Waals surface area (Å²) >= 11 is 0. The second-order valence-electron chi connectivity index (χ2n) is 4.58. The van der Waals surface area contributed by atoms with Crippen LogP contribution < -0.4 is 5.73 Å². The van der Waals surface area contributed by atoms with Gasteiger partial charge >= 0.3 is 5.97 Å². The van der Waals surface area contributed by atoms with Crippen LogP contribution in [-0.4, -0.2) is 36.1 Å². The number of aliphatic carboxylic acids is 1. The van der Waals surface area contributed by atoms with Crippen molar-refractivity contribution in [3.05, 3.63) is 35.4 Å². The minimum absolute atomic E-state index is 0.0310. The van der Waals surface area contributed by atoms with Crippen molar-refractivity contribution in [3.8, 4) is 0 Å². The summed E-state index contributed by atoms with van der Waals surface area (Å²) < 4.78 is 0. The van der Waals surface area contributed by atoms with Crippen LogP contribution in [0.4, 0.5) is 0 Å². The van der Waals surface area contributed by atoms with E-state index in [1.807, 2.05) is 50.2 Å². The lowest BCUT2D eigenvalue weighted by Crippen LogP contribution is -2.38. The fraction of sp³-hybridized carbons (Fsp3) is 0.462. The SMILES string of the molecule is Cc1cccc(C(C(N)CC(=O)O)N(C)C)c1. The molecule has 0 fully saturated rings. The van der Waals surface area contributed by atoms with Crippen molar-refractivity contribution in [1.82, 2.24) is 4.90 Å². The first-order valence-corrected chi connectivity index (χ1v) is 5.62. The minimum atomic E-state index is -0.864. The van der Waals surface area contributed by atoms with Gasteiger partial charge in [-0.05, 0) is 26.6 Å². The third kappa shape index (κ3) is 3.84. The van der Waals surface area contributed by atoms with Crippen LogP contribution in [0.1, 0.15) is 23.6 Å². The summed E-state index contributed by atoms with van der Waals surface area (Å²) in [5.41, 5.74) is 8.19. The maximum absolute atomic E-state index is 10.7. The van der Waals surface area contributed by atoms with Crippen molar-refractivity contribution in [3.63, 3.8) is 0 Å². The quantitative estimate of drug-likeness (QED) is 0.811. The zero-order valence-corrected chi connectivity index (χ0v) is 10.6. The van der Waals surface area contributed by atoms with Gasteiger partial charge in [-0.15, -0.1) is 0 Å². The van der Waals surface area contributed by atoms with E-state index in [4.69, 9.17) is 10.8 Å². The second-order valence-corrected chi connectivity index (χ2v) is 4.58. The van der Waals surface area contributed by atoms with E-state index in [2.05, 4.69) is 0 Å². The van der Waals surface area contributed by atoms with Gasteiger partial charge in [0.05, 0.1) is 6.42 Å². The van der Waals surface area contributed by atoms with Gasteiger partial charge in [0, 0.05) is 12.1 Å². The lowest BCUT2D eigenvalue weighted by molar-refractivity contribution is -0.137. The van der Waals surface area contributed by atoms with E-state index in [-0.39, 0.29) is 12.5 Å². The standard InChI is InChI=1S/C13H20N2O2/c1-9-5-4-6-10(7-9)13(15(2)3)11(14)8-12(16)17/h4-7,11,13H,8,14H2,1-3H3,(H,16,17). The van der Waals surface area contributed by atoms with Crippen LogP contribution >= 0.6 is 0 Å². The third-order valence-corrected chi connectivity index (χ3v) is 2.76. The monoisotopic (exact) mass is 236 g/mol. The van der Waals surface area contributed by atoms with Crippen molar-refractivity contribution < 1.29 is 9.90 Å². The van der Waals surface area contributed by atoms with Gasteiger partial charge in [-0.3, -0.25) is 4.79 Å². The van der Waals surface area contributed by atoms with E-state index >= 15 is 0 Å². The van der Waals surface area contributed by atoms with Gasteiger partial charge < -0.3 is 15.7 Å². The van der Waals surface area contributed by atoms with Crippen LogP contribution in [0.3, 0.4) is 0 Å². The number of nitrogens with two attached hydrogens (primary N) is 1. The summed E-state index contributed by atoms with van der Waals surface area (Å²) in [6, 6.07) is 7.52. The molecule has 0 heterocycles. The zero-order valence-electron chi connectivity index (χ0n) is 10.6. The van der Waals surface area contributed by atoms with Crippen molar-refractivity contribution in [2.75, 3.05) is 14.1 Å². The molecular weight excluding hydrogens is 216 g/mol. The molecule has 1 rings (SSSR count). The highest BCUT2D eigenvalue weighted by molar-refractivity contribution is 5.67. The van der Waals surface area contributed by atoms with Crippen molar-refractivity contribution >= 4 is 5.97 Å². The maximum Gasteiger partial charge on any atom is 0.304 e. The van der Waals surface area contributed by atoms with Gasteiger partial charge in [0.2, 0.25) is 0 Å². The third-order valence-electron chi connectivity index (χ3n) is 2.76. The Labute approximate surface area is 102 Å². The van der Waals surface area contributed by atoms with Crippen LogP contribution in [0.25, 0.3) is 0 Å². The summed E-state index contributed by atoms with van der Waals surface area (Å²) in [6.07, 6.45) is -0.0310. The number of rotatable bonds is 5. The van der Waals surface area contributed by atoms with Crippen LogP contribution in [0.5, 0.6) is 0 Å². The van der Waals surface area contributed by atoms with E-state index in [1.165, 1.54) is 0 Å². The van der Waals surface area contributed by atoms with Crippen LogP contribution in [0.15, 0.2) is 24.3 Å². The molecule has 0 amide bonds. The van der Waals surface area contributed by atoms with E-state index in [1.54, 1.807) is 0 Å². The number of hydrogen-bond donors (Lipinski definition) is 2. The Hall–Kier alpha value is -1.39. The number of likely N-dealkylation sites (N-methyl/N-ethyl adjacent to an activating group) is 1. The molecule has 2 atom stereocenters. The molecule has 0 aliphatic heterocycles. The lowest BCUT2D eigenvalue weighted by Gasteiger charge is -2.29. The molecule has 1 aromatic carbocycles. The number of hydrogen-bond acceptors (Lipinski definition) is 3. The Kier molecular flexibility index (Phi) is 4.66. The Morgan fingerprint density at radius 3 is 2.59 bits per heavy atom. The first-order chi connectivity index (χ1) is 7.91. The molecule has 0 radical (unpaired) electrons. The molecule has 0 saturated carbocycles. The fourth-order valence-electron chi connectivity index (χ4n) is 2.10. The molecule has 0 spiro atoms. The largest absolute Gasteiger partial charge is 0.481 e. The molecule has 0 aromatic heterocycles. The average Bonchev–Trinajstić information content (AvgIpc) is 2.15. The first-order valence-electron chi connectivity index (χ1n) is 5.62. The van der Waals surface area contributed by atoms with Gasteiger partial charge in [0.1, 0.15) is 0 Å². The second kappa shape index (κ2) is 5.80. The van der Waals surface area contributed by atoms with Crippen molar-refractivity contribution in [2.45, 2.75) is 25.4 Å². The lowest BCUT2D eigenvalue weighted by atomic mass is 9.95. The number of benzene rings is 1. The molecule has 0 aliphatic rings. The van der Waals surface area contributed by atoms with Gasteiger partial charge in [0.15, 0.2) is 0 Å². The Morgan fingerprint density at radius 1 is 1.47 bits per heavy atom. The molecule has 0 bridgehead atoms. The van der Waals surface area contributed by atoms with Gasteiger partial charge in [-0.25, -0.2) is 0 Å². The summed E-state index contributed by atoms with van der Waals surface area (Å²) in [5.74, 6) is -0.864. The summed E-state index contributed by atoms with van der Waals surface area (Å²) in [4.78, 5) is 12.7. The molecule has 4 heteroatoms. The molecule has 3 N–H and O–H groups in total. The molecule has 0 saturated heterocycles. The summed E-state index contributed by atoms with van der Waals surface area (Å²) in [7, 11) is 3.82. The highest BCUT2D eigenvalue weighted by Gasteiger charge is 2.24. The zero-order chi connectivity index (χ0) is 13.0. The predicted octanol–water partition coefficient (Wildman–Crippen LogP) is 1.40. The average molecular weight is 236 g/mol. The summed E-state index contributed by atoms with van der Waals surface area (Å²) in [5, 5.41) is 8.82.